The smallest absolute Gasteiger partial charge is 0.285 e. The minimum Gasteiger partial charge on any atom is -0.298 e. The van der Waals surface area contributed by atoms with Crippen LogP contribution in [-0.2, 0) is 0 Å². The van der Waals surface area contributed by atoms with Gasteiger partial charge in [-0.1, -0.05) is 6.07 Å². The zero-order valence-corrected chi connectivity index (χ0v) is 11.5. The molecule has 0 amide bonds. The number of hydrogen-bond acceptors (Lipinski definition) is 2. The lowest BCUT2D eigenvalue weighted by Gasteiger charge is -2.12. The lowest BCUT2D eigenvalue weighted by molar-refractivity contribution is -0.330. The molecule has 2 heterocycles. The molecule has 1 saturated heterocycles. The van der Waals surface area contributed by atoms with Crippen molar-refractivity contribution in [2.45, 2.75) is 26.7 Å². The fourth-order valence-corrected chi connectivity index (χ4v) is 3.00. The van der Waals surface area contributed by atoms with Crippen LogP contribution in [0, 0.1) is 13.8 Å². The van der Waals surface area contributed by atoms with Gasteiger partial charge in [-0.15, -0.1) is 0 Å². The van der Waals surface area contributed by atoms with Crippen molar-refractivity contribution in [3.63, 3.8) is 0 Å². The number of carbonyl (C=O) groups is 1. The molecule has 1 aliphatic heterocycles. The van der Waals surface area contributed by atoms with Crippen molar-refractivity contribution in [1.29, 1.82) is 0 Å². The summed E-state index contributed by atoms with van der Waals surface area (Å²) in [4.78, 5) is 17.1. The highest BCUT2D eigenvalue weighted by Crippen LogP contribution is 2.24. The monoisotopic (exact) mass is 255 g/mol. The van der Waals surface area contributed by atoms with Gasteiger partial charge in [-0.25, -0.2) is 4.98 Å². The van der Waals surface area contributed by atoms with E-state index in [0.717, 1.165) is 41.7 Å². The molecule has 1 fully saturated rings. The van der Waals surface area contributed by atoms with E-state index >= 15 is 0 Å². The molecule has 0 radical (unpaired) electrons. The summed E-state index contributed by atoms with van der Waals surface area (Å²) in [5.74, 6) is 0.979. The molecule has 3 heteroatoms. The molecule has 0 atom stereocenters. The molecule has 1 aromatic carbocycles. The summed E-state index contributed by atoms with van der Waals surface area (Å²) >= 11 is 0. The minimum atomic E-state index is 0.763. The Hall–Kier alpha value is -1.90. The maximum absolute atomic E-state index is 11.4. The highest BCUT2D eigenvalue weighted by Gasteiger charge is 2.25. The zero-order valence-electron chi connectivity index (χ0n) is 11.5. The van der Waals surface area contributed by atoms with Gasteiger partial charge in [-0.2, -0.15) is 0 Å². The first-order valence-electron chi connectivity index (χ1n) is 6.86. The highest BCUT2D eigenvalue weighted by atomic mass is 16.1. The van der Waals surface area contributed by atoms with Crippen LogP contribution in [0.3, 0.4) is 0 Å². The van der Waals surface area contributed by atoms with Crippen molar-refractivity contribution in [3.8, 4) is 0 Å². The molecule has 3 nitrogen and oxygen atoms in total. The maximum Gasteiger partial charge on any atom is 0.285 e. The standard InChI is InChI=1S/C16H18N2O/c1-11-7-12(2)15-13(8-11)9-14(10-19)16(17-15)18-5-3-4-6-18/h7-10H,3-6H2,1-2H3/p+1. The molecule has 19 heavy (non-hydrogen) atoms. The van der Waals surface area contributed by atoms with E-state index < -0.39 is 0 Å². The molecule has 0 saturated carbocycles. The number of H-pyrrole nitrogens is 1. The summed E-state index contributed by atoms with van der Waals surface area (Å²) in [5.41, 5.74) is 4.36. The van der Waals surface area contributed by atoms with Crippen molar-refractivity contribution in [2.75, 3.05) is 18.0 Å². The highest BCUT2D eigenvalue weighted by molar-refractivity contribution is 5.90. The third-order valence-electron chi connectivity index (χ3n) is 3.89. The normalized spacial score (nSPS) is 15.2. The first-order chi connectivity index (χ1) is 9.19. The van der Waals surface area contributed by atoms with Crippen LogP contribution in [0.4, 0.5) is 5.82 Å². The van der Waals surface area contributed by atoms with Crippen molar-refractivity contribution in [1.82, 2.24) is 0 Å². The summed E-state index contributed by atoms with van der Waals surface area (Å²) < 4.78 is 0. The van der Waals surface area contributed by atoms with Gasteiger partial charge in [0.1, 0.15) is 11.1 Å². The molecule has 1 aliphatic rings. The van der Waals surface area contributed by atoms with Crippen LogP contribution in [0.5, 0.6) is 0 Å². The van der Waals surface area contributed by atoms with Crippen molar-refractivity contribution in [2.24, 2.45) is 0 Å². The molecule has 0 aliphatic carbocycles. The average Bonchev–Trinajstić information content (AvgIpc) is 2.91. The Morgan fingerprint density at radius 2 is 1.89 bits per heavy atom. The molecular weight excluding hydrogens is 236 g/mol. The molecule has 3 rings (SSSR count). The Labute approximate surface area is 113 Å². The topological polar surface area (TPSA) is 34.5 Å². The fourth-order valence-electron chi connectivity index (χ4n) is 3.00. The van der Waals surface area contributed by atoms with Gasteiger partial charge in [0.25, 0.3) is 5.82 Å². The van der Waals surface area contributed by atoms with Gasteiger partial charge in [0.15, 0.2) is 6.29 Å². The Balaban J connectivity index is 2.23. The number of pyridine rings is 1. The van der Waals surface area contributed by atoms with E-state index in [1.807, 2.05) is 6.07 Å². The van der Waals surface area contributed by atoms with Crippen molar-refractivity contribution >= 4 is 23.0 Å². The number of rotatable bonds is 2. The van der Waals surface area contributed by atoms with Crippen LogP contribution in [0.15, 0.2) is 18.2 Å². The van der Waals surface area contributed by atoms with E-state index in [1.165, 1.54) is 24.0 Å². The lowest BCUT2D eigenvalue weighted by Crippen LogP contribution is -2.28. The molecule has 2 aromatic rings. The molecule has 0 bridgehead atoms. The Bertz CT molecular complexity index is 643. The predicted octanol–water partition coefficient (Wildman–Crippen LogP) is 2.68. The quantitative estimate of drug-likeness (QED) is 0.773. The van der Waals surface area contributed by atoms with Crippen LogP contribution in [-0.4, -0.2) is 19.4 Å². The van der Waals surface area contributed by atoms with E-state index in [1.54, 1.807) is 0 Å². The second kappa shape index (κ2) is 4.65. The van der Waals surface area contributed by atoms with Crippen LogP contribution >= 0.6 is 0 Å². The SMILES string of the molecule is Cc1cc(C)c2[nH+]c(N3CCCC3)c(C=O)cc2c1. The molecule has 98 valence electrons. The van der Waals surface area contributed by atoms with Gasteiger partial charge in [0.05, 0.1) is 13.1 Å². The number of anilines is 1. The summed E-state index contributed by atoms with van der Waals surface area (Å²) in [5, 5.41) is 1.11. The number of aromatic nitrogens is 1. The largest absolute Gasteiger partial charge is 0.298 e. The number of aldehydes is 1. The number of benzene rings is 1. The Kier molecular flexibility index (Phi) is 2.97. The first-order valence-corrected chi connectivity index (χ1v) is 6.86. The first kappa shape index (κ1) is 12.2. The number of aromatic amines is 1. The molecule has 0 unspecified atom stereocenters. The van der Waals surface area contributed by atoms with Gasteiger partial charge in [0, 0.05) is 5.39 Å². The zero-order chi connectivity index (χ0) is 13.4. The van der Waals surface area contributed by atoms with Crippen LogP contribution in [0.25, 0.3) is 10.9 Å². The second-order valence-corrected chi connectivity index (χ2v) is 5.43. The third kappa shape index (κ3) is 2.09. The summed E-state index contributed by atoms with van der Waals surface area (Å²) in [6, 6.07) is 6.30. The van der Waals surface area contributed by atoms with E-state index in [2.05, 4.69) is 35.9 Å². The van der Waals surface area contributed by atoms with E-state index in [4.69, 9.17) is 0 Å². The molecular formula is C16H19N2O+. The predicted molar refractivity (Wildman–Crippen MR) is 76.8 cm³/mol. The number of fused-ring (bicyclic) bond motifs is 1. The van der Waals surface area contributed by atoms with E-state index in [-0.39, 0.29) is 0 Å². The van der Waals surface area contributed by atoms with Crippen LogP contribution in [0.2, 0.25) is 0 Å². The van der Waals surface area contributed by atoms with Crippen molar-refractivity contribution in [3.05, 3.63) is 34.9 Å². The number of hydrogen-bond donors (Lipinski definition) is 0. The lowest BCUT2D eigenvalue weighted by atomic mass is 10.0. The molecule has 1 N–H and O–H groups in total. The van der Waals surface area contributed by atoms with E-state index in [9.17, 15) is 4.79 Å². The number of carbonyl (C=O) groups excluding carboxylic acids is 1. The number of nitrogens with one attached hydrogen (secondary N) is 1. The maximum atomic E-state index is 11.4. The second-order valence-electron chi connectivity index (χ2n) is 5.43. The van der Waals surface area contributed by atoms with Crippen molar-refractivity contribution < 1.29 is 9.78 Å². The van der Waals surface area contributed by atoms with Crippen LogP contribution in [0.1, 0.15) is 34.3 Å². The summed E-state index contributed by atoms with van der Waals surface area (Å²) in [7, 11) is 0. The number of nitrogens with zero attached hydrogens (tertiary/aromatic N) is 1. The van der Waals surface area contributed by atoms with Crippen LogP contribution < -0.4 is 9.88 Å². The molecule has 1 aromatic heterocycles. The molecule has 0 spiro atoms. The van der Waals surface area contributed by atoms with Gasteiger partial charge in [-0.3, -0.25) is 9.69 Å². The number of aryl methyl sites for hydroxylation is 2. The van der Waals surface area contributed by atoms with Gasteiger partial charge < -0.3 is 0 Å². The Morgan fingerprint density at radius 1 is 1.16 bits per heavy atom. The van der Waals surface area contributed by atoms with Gasteiger partial charge in [-0.05, 0) is 49.9 Å². The average molecular weight is 255 g/mol. The van der Waals surface area contributed by atoms with Gasteiger partial charge >= 0.3 is 0 Å². The third-order valence-corrected chi connectivity index (χ3v) is 3.89. The Morgan fingerprint density at radius 3 is 2.58 bits per heavy atom. The fraction of sp³-hybridized carbons (Fsp3) is 0.375. The summed E-state index contributed by atoms with van der Waals surface area (Å²) in [6.45, 7) is 6.27. The van der Waals surface area contributed by atoms with Gasteiger partial charge in [0.2, 0.25) is 0 Å². The minimum absolute atomic E-state index is 0.763. The van der Waals surface area contributed by atoms with E-state index in [0.29, 0.717) is 0 Å². The summed E-state index contributed by atoms with van der Waals surface area (Å²) in [6.07, 6.45) is 3.37.